The number of hydrogen-bond acceptors (Lipinski definition) is 4. The Morgan fingerprint density at radius 3 is 2.84 bits per heavy atom. The molecule has 2 atom stereocenters. The summed E-state index contributed by atoms with van der Waals surface area (Å²) in [4.78, 5) is 14.3. The lowest BCUT2D eigenvalue weighted by Gasteiger charge is -2.38. The van der Waals surface area contributed by atoms with Gasteiger partial charge in [0.25, 0.3) is 0 Å². The number of benzene rings is 1. The van der Waals surface area contributed by atoms with Gasteiger partial charge in [0.05, 0.1) is 31.9 Å². The second-order valence-electron chi connectivity index (χ2n) is 4.70. The average Bonchev–Trinajstić information content (AvgIpc) is 2.46. The maximum atomic E-state index is 12.9. The molecule has 19 heavy (non-hydrogen) atoms. The maximum absolute atomic E-state index is 12.9. The number of aliphatic hydroxyl groups excluding tert-OH is 1. The Kier molecular flexibility index (Phi) is 4.63. The van der Waals surface area contributed by atoms with E-state index in [-0.39, 0.29) is 30.3 Å². The van der Waals surface area contributed by atoms with Gasteiger partial charge in [-0.25, -0.2) is 4.39 Å². The Labute approximate surface area is 111 Å². The number of carbonyl (C=O) groups is 1. The number of hydrogen-bond donors (Lipinski definition) is 1. The molecule has 1 heterocycles. The molecule has 1 saturated heterocycles. The van der Waals surface area contributed by atoms with E-state index >= 15 is 0 Å². The van der Waals surface area contributed by atoms with Crippen LogP contribution in [0.5, 0.6) is 0 Å². The zero-order valence-corrected chi connectivity index (χ0v) is 10.9. The molecule has 0 saturated carbocycles. The van der Waals surface area contributed by atoms with Gasteiger partial charge in [-0.3, -0.25) is 9.69 Å². The number of ketones is 1. The van der Waals surface area contributed by atoms with Crippen LogP contribution >= 0.6 is 0 Å². The second kappa shape index (κ2) is 6.23. The molecule has 1 aromatic carbocycles. The number of ether oxygens (including phenoxy) is 1. The third kappa shape index (κ3) is 3.18. The van der Waals surface area contributed by atoms with Crippen molar-refractivity contribution >= 4 is 5.78 Å². The first-order valence-electron chi connectivity index (χ1n) is 6.37. The summed E-state index contributed by atoms with van der Waals surface area (Å²) in [7, 11) is 0. The molecular weight excluding hydrogens is 249 g/mol. The fourth-order valence-electron chi connectivity index (χ4n) is 2.34. The van der Waals surface area contributed by atoms with Crippen LogP contribution in [0.4, 0.5) is 4.39 Å². The molecule has 1 aliphatic rings. The van der Waals surface area contributed by atoms with E-state index in [2.05, 4.69) is 0 Å². The minimum absolute atomic E-state index is 0.0406. The Bertz CT molecular complexity index is 435. The van der Waals surface area contributed by atoms with E-state index in [4.69, 9.17) is 4.74 Å². The molecular formula is C14H18FNO3. The standard InChI is InChI=1S/C14H18FNO3/c1-10(16-6-7-19-9-13(16)8-17)14(18)11-2-4-12(15)5-3-11/h2-5,10,13,17H,6-9H2,1H3. The fraction of sp³-hybridized carbons (Fsp3) is 0.500. The summed E-state index contributed by atoms with van der Waals surface area (Å²) in [6.45, 7) is 3.36. The van der Waals surface area contributed by atoms with Crippen LogP contribution in [0.15, 0.2) is 24.3 Å². The van der Waals surface area contributed by atoms with Crippen LogP contribution in [-0.4, -0.2) is 54.2 Å². The van der Waals surface area contributed by atoms with Crippen molar-refractivity contribution in [2.24, 2.45) is 0 Å². The number of carbonyl (C=O) groups excluding carboxylic acids is 1. The van der Waals surface area contributed by atoms with Crippen LogP contribution in [0.2, 0.25) is 0 Å². The van der Waals surface area contributed by atoms with Crippen molar-refractivity contribution in [3.63, 3.8) is 0 Å². The lowest BCUT2D eigenvalue weighted by atomic mass is 10.0. The number of rotatable bonds is 4. The first-order chi connectivity index (χ1) is 9.13. The molecule has 2 rings (SSSR count). The highest BCUT2D eigenvalue weighted by atomic mass is 19.1. The third-order valence-corrected chi connectivity index (χ3v) is 3.49. The molecule has 0 aromatic heterocycles. The number of Topliss-reactive ketones (excluding diaryl/α,β-unsaturated/α-hetero) is 1. The molecule has 1 fully saturated rings. The SMILES string of the molecule is CC(C(=O)c1ccc(F)cc1)N1CCOCC1CO. The highest BCUT2D eigenvalue weighted by molar-refractivity contribution is 5.99. The van der Waals surface area contributed by atoms with Gasteiger partial charge in [-0.05, 0) is 31.2 Å². The van der Waals surface area contributed by atoms with Crippen LogP contribution in [0.1, 0.15) is 17.3 Å². The van der Waals surface area contributed by atoms with E-state index in [1.807, 2.05) is 4.90 Å². The Morgan fingerprint density at radius 1 is 1.53 bits per heavy atom. The number of nitrogens with zero attached hydrogens (tertiary/aromatic N) is 1. The molecule has 104 valence electrons. The largest absolute Gasteiger partial charge is 0.395 e. The molecule has 1 N–H and O–H groups in total. The highest BCUT2D eigenvalue weighted by Crippen LogP contribution is 2.15. The molecule has 2 unspecified atom stereocenters. The van der Waals surface area contributed by atoms with Crippen LogP contribution in [0.25, 0.3) is 0 Å². The summed E-state index contributed by atoms with van der Waals surface area (Å²) >= 11 is 0. The molecule has 0 spiro atoms. The lowest BCUT2D eigenvalue weighted by molar-refractivity contribution is -0.0390. The normalized spacial score (nSPS) is 22.2. The molecule has 1 aliphatic heterocycles. The van der Waals surface area contributed by atoms with Crippen LogP contribution in [-0.2, 0) is 4.74 Å². The predicted octanol–water partition coefficient (Wildman–Crippen LogP) is 1.09. The summed E-state index contributed by atoms with van der Waals surface area (Å²) in [5.74, 6) is -0.427. The van der Waals surface area contributed by atoms with Crippen LogP contribution in [0, 0.1) is 5.82 Å². The van der Waals surface area contributed by atoms with Gasteiger partial charge in [0, 0.05) is 12.1 Å². The van der Waals surface area contributed by atoms with Crippen molar-refractivity contribution < 1.29 is 19.0 Å². The van der Waals surface area contributed by atoms with Crippen molar-refractivity contribution in [1.29, 1.82) is 0 Å². The van der Waals surface area contributed by atoms with Gasteiger partial charge in [0.1, 0.15) is 5.82 Å². The zero-order valence-electron chi connectivity index (χ0n) is 10.9. The molecule has 4 nitrogen and oxygen atoms in total. The van der Waals surface area contributed by atoms with E-state index in [1.165, 1.54) is 24.3 Å². The number of halogens is 1. The van der Waals surface area contributed by atoms with Gasteiger partial charge in [-0.2, -0.15) is 0 Å². The first kappa shape index (κ1) is 14.1. The monoisotopic (exact) mass is 267 g/mol. The fourth-order valence-corrected chi connectivity index (χ4v) is 2.34. The van der Waals surface area contributed by atoms with Crippen molar-refractivity contribution in [1.82, 2.24) is 4.90 Å². The quantitative estimate of drug-likeness (QED) is 0.830. The first-order valence-corrected chi connectivity index (χ1v) is 6.37. The van der Waals surface area contributed by atoms with Crippen molar-refractivity contribution in [3.8, 4) is 0 Å². The smallest absolute Gasteiger partial charge is 0.179 e. The van der Waals surface area contributed by atoms with Crippen molar-refractivity contribution in [2.45, 2.75) is 19.0 Å². The Morgan fingerprint density at radius 2 is 2.21 bits per heavy atom. The average molecular weight is 267 g/mol. The summed E-state index contributed by atoms with van der Waals surface area (Å²) in [5, 5.41) is 9.32. The third-order valence-electron chi connectivity index (χ3n) is 3.49. The van der Waals surface area contributed by atoms with E-state index in [0.29, 0.717) is 25.3 Å². The molecule has 1 aromatic rings. The number of aliphatic hydroxyl groups is 1. The molecule has 5 heteroatoms. The lowest BCUT2D eigenvalue weighted by Crippen LogP contribution is -2.53. The van der Waals surface area contributed by atoms with Crippen molar-refractivity contribution in [3.05, 3.63) is 35.6 Å². The van der Waals surface area contributed by atoms with Gasteiger partial charge in [0.15, 0.2) is 5.78 Å². The Hall–Kier alpha value is -1.30. The van der Waals surface area contributed by atoms with Crippen LogP contribution < -0.4 is 0 Å². The van der Waals surface area contributed by atoms with Crippen molar-refractivity contribution in [2.75, 3.05) is 26.4 Å². The van der Waals surface area contributed by atoms with Gasteiger partial charge in [0.2, 0.25) is 0 Å². The second-order valence-corrected chi connectivity index (χ2v) is 4.70. The number of morpholine rings is 1. The zero-order chi connectivity index (χ0) is 13.8. The summed E-state index contributed by atoms with van der Waals surface area (Å²) in [5.41, 5.74) is 0.483. The summed E-state index contributed by atoms with van der Waals surface area (Å²) in [6.07, 6.45) is 0. The summed E-state index contributed by atoms with van der Waals surface area (Å²) < 4.78 is 18.1. The predicted molar refractivity (Wildman–Crippen MR) is 68.6 cm³/mol. The summed E-state index contributed by atoms with van der Waals surface area (Å²) in [6, 6.07) is 5.02. The molecule has 0 radical (unpaired) electrons. The van der Waals surface area contributed by atoms with E-state index in [1.54, 1.807) is 6.92 Å². The van der Waals surface area contributed by atoms with E-state index < -0.39 is 0 Å². The van der Waals surface area contributed by atoms with Gasteiger partial charge in [-0.15, -0.1) is 0 Å². The van der Waals surface area contributed by atoms with E-state index in [0.717, 1.165) is 0 Å². The van der Waals surface area contributed by atoms with Gasteiger partial charge in [-0.1, -0.05) is 0 Å². The maximum Gasteiger partial charge on any atom is 0.179 e. The molecule has 0 aliphatic carbocycles. The van der Waals surface area contributed by atoms with Gasteiger partial charge >= 0.3 is 0 Å². The van der Waals surface area contributed by atoms with Crippen LogP contribution in [0.3, 0.4) is 0 Å². The highest BCUT2D eigenvalue weighted by Gasteiger charge is 2.30. The van der Waals surface area contributed by atoms with Gasteiger partial charge < -0.3 is 9.84 Å². The topological polar surface area (TPSA) is 49.8 Å². The Balaban J connectivity index is 2.11. The minimum Gasteiger partial charge on any atom is -0.395 e. The molecule has 0 amide bonds. The minimum atomic E-state index is -0.358. The molecule has 0 bridgehead atoms. The van der Waals surface area contributed by atoms with E-state index in [9.17, 15) is 14.3 Å².